The van der Waals surface area contributed by atoms with Crippen molar-refractivity contribution in [2.75, 3.05) is 32.8 Å². The molecule has 1 saturated heterocycles. The first kappa shape index (κ1) is 14.3. The molecule has 1 aliphatic heterocycles. The average molecular weight is 254 g/mol. The van der Waals surface area contributed by atoms with E-state index in [1.807, 2.05) is 0 Å². The summed E-state index contributed by atoms with van der Waals surface area (Å²) in [5.74, 6) is 0. The third-order valence-electron chi connectivity index (χ3n) is 4.09. The number of ether oxygens (including phenoxy) is 1. The molecule has 1 heterocycles. The van der Waals surface area contributed by atoms with Crippen molar-refractivity contribution in [1.82, 2.24) is 10.2 Å². The fraction of sp³-hybridized carbons (Fsp3) is 1.00. The van der Waals surface area contributed by atoms with Crippen molar-refractivity contribution in [2.24, 2.45) is 0 Å². The first-order valence-corrected chi connectivity index (χ1v) is 7.96. The molecule has 0 amide bonds. The van der Waals surface area contributed by atoms with Gasteiger partial charge < -0.3 is 10.1 Å². The molecule has 0 radical (unpaired) electrons. The van der Waals surface area contributed by atoms with Gasteiger partial charge >= 0.3 is 0 Å². The number of rotatable bonds is 9. The molecule has 0 bridgehead atoms. The second kappa shape index (κ2) is 8.13. The molecule has 18 heavy (non-hydrogen) atoms. The minimum atomic E-state index is 0.487. The van der Waals surface area contributed by atoms with Gasteiger partial charge in [-0.3, -0.25) is 4.90 Å². The monoisotopic (exact) mass is 254 g/mol. The zero-order chi connectivity index (χ0) is 12.6. The molecule has 3 heteroatoms. The van der Waals surface area contributed by atoms with Crippen LogP contribution >= 0.6 is 0 Å². The van der Waals surface area contributed by atoms with Gasteiger partial charge in [0.05, 0.1) is 12.7 Å². The molecule has 1 unspecified atom stereocenters. The standard InChI is InChI=1S/C15H30N2O/c1-2-15-13-17(11-12-18-15)10-6-4-3-5-9-16-14-7-8-14/h14-16H,2-13H2,1H3. The van der Waals surface area contributed by atoms with Gasteiger partial charge in [0, 0.05) is 19.1 Å². The highest BCUT2D eigenvalue weighted by molar-refractivity contribution is 4.80. The van der Waals surface area contributed by atoms with E-state index < -0.39 is 0 Å². The maximum absolute atomic E-state index is 5.70. The minimum absolute atomic E-state index is 0.487. The Kier molecular flexibility index (Phi) is 6.46. The lowest BCUT2D eigenvalue weighted by Crippen LogP contribution is -2.42. The molecule has 106 valence electrons. The summed E-state index contributed by atoms with van der Waals surface area (Å²) >= 11 is 0. The molecule has 0 aromatic heterocycles. The van der Waals surface area contributed by atoms with Crippen LogP contribution in [0, 0.1) is 0 Å². The zero-order valence-corrected chi connectivity index (χ0v) is 12.0. The Morgan fingerprint density at radius 1 is 1.17 bits per heavy atom. The molecule has 3 nitrogen and oxygen atoms in total. The van der Waals surface area contributed by atoms with E-state index in [1.54, 1.807) is 0 Å². The number of hydrogen-bond donors (Lipinski definition) is 1. The van der Waals surface area contributed by atoms with Gasteiger partial charge in [0.1, 0.15) is 0 Å². The van der Waals surface area contributed by atoms with Gasteiger partial charge in [-0.2, -0.15) is 0 Å². The minimum Gasteiger partial charge on any atom is -0.376 e. The van der Waals surface area contributed by atoms with Gasteiger partial charge in [-0.1, -0.05) is 19.8 Å². The number of morpholine rings is 1. The molecule has 2 aliphatic rings. The first-order chi connectivity index (χ1) is 8.88. The molecule has 1 aliphatic carbocycles. The SMILES string of the molecule is CCC1CN(CCCCCCNC2CC2)CCO1. The van der Waals surface area contributed by atoms with E-state index in [0.717, 1.165) is 32.2 Å². The van der Waals surface area contributed by atoms with Crippen LogP contribution in [0.5, 0.6) is 0 Å². The van der Waals surface area contributed by atoms with Crippen LogP contribution in [0.25, 0.3) is 0 Å². The summed E-state index contributed by atoms with van der Waals surface area (Å²) in [5, 5.41) is 3.58. The quantitative estimate of drug-likeness (QED) is 0.640. The fourth-order valence-electron chi connectivity index (χ4n) is 2.64. The highest BCUT2D eigenvalue weighted by Gasteiger charge is 2.19. The molecule has 1 saturated carbocycles. The molecular weight excluding hydrogens is 224 g/mol. The van der Waals surface area contributed by atoms with Crippen molar-refractivity contribution >= 4 is 0 Å². The van der Waals surface area contributed by atoms with E-state index >= 15 is 0 Å². The molecule has 2 fully saturated rings. The van der Waals surface area contributed by atoms with Crippen molar-refractivity contribution in [3.63, 3.8) is 0 Å². The van der Waals surface area contributed by atoms with Crippen LogP contribution in [0.2, 0.25) is 0 Å². The van der Waals surface area contributed by atoms with Crippen LogP contribution in [0.15, 0.2) is 0 Å². The summed E-state index contributed by atoms with van der Waals surface area (Å²) in [7, 11) is 0. The maximum Gasteiger partial charge on any atom is 0.0700 e. The van der Waals surface area contributed by atoms with Crippen LogP contribution in [-0.4, -0.2) is 49.8 Å². The van der Waals surface area contributed by atoms with Crippen LogP contribution < -0.4 is 5.32 Å². The third-order valence-corrected chi connectivity index (χ3v) is 4.09. The first-order valence-electron chi connectivity index (χ1n) is 7.96. The summed E-state index contributed by atoms with van der Waals surface area (Å²) in [4.78, 5) is 2.58. The highest BCUT2D eigenvalue weighted by atomic mass is 16.5. The molecule has 1 N–H and O–H groups in total. The summed E-state index contributed by atoms with van der Waals surface area (Å²) in [6, 6.07) is 0.879. The Morgan fingerprint density at radius 3 is 2.78 bits per heavy atom. The van der Waals surface area contributed by atoms with Crippen molar-refractivity contribution in [1.29, 1.82) is 0 Å². The number of nitrogens with zero attached hydrogens (tertiary/aromatic N) is 1. The smallest absolute Gasteiger partial charge is 0.0700 e. The molecule has 0 spiro atoms. The van der Waals surface area contributed by atoms with Gasteiger partial charge in [0.15, 0.2) is 0 Å². The highest BCUT2D eigenvalue weighted by Crippen LogP contribution is 2.18. The molecular formula is C15H30N2O. The second-order valence-electron chi connectivity index (χ2n) is 5.84. The number of nitrogens with one attached hydrogen (secondary N) is 1. The predicted molar refractivity (Wildman–Crippen MR) is 76.0 cm³/mol. The van der Waals surface area contributed by atoms with Gasteiger partial charge in [-0.05, 0) is 45.2 Å². The lowest BCUT2D eigenvalue weighted by atomic mass is 10.1. The van der Waals surface area contributed by atoms with E-state index in [4.69, 9.17) is 4.74 Å². The summed E-state index contributed by atoms with van der Waals surface area (Å²) in [5.41, 5.74) is 0. The summed E-state index contributed by atoms with van der Waals surface area (Å²) in [6.45, 7) is 7.96. The number of hydrogen-bond acceptors (Lipinski definition) is 3. The van der Waals surface area contributed by atoms with Crippen LogP contribution in [0.1, 0.15) is 51.9 Å². The Labute approximate surface area is 112 Å². The Bertz CT molecular complexity index is 219. The van der Waals surface area contributed by atoms with Gasteiger partial charge in [-0.15, -0.1) is 0 Å². The van der Waals surface area contributed by atoms with Gasteiger partial charge in [0.2, 0.25) is 0 Å². The Balaban J connectivity index is 1.39. The number of unbranched alkanes of at least 4 members (excludes halogenated alkanes) is 3. The van der Waals surface area contributed by atoms with Crippen LogP contribution in [0.4, 0.5) is 0 Å². The zero-order valence-electron chi connectivity index (χ0n) is 12.0. The normalized spacial score (nSPS) is 25.5. The average Bonchev–Trinajstić information content (AvgIpc) is 3.22. The van der Waals surface area contributed by atoms with Crippen molar-refractivity contribution in [3.8, 4) is 0 Å². The molecule has 0 aromatic rings. The van der Waals surface area contributed by atoms with E-state index in [-0.39, 0.29) is 0 Å². The lowest BCUT2D eigenvalue weighted by molar-refractivity contribution is -0.0299. The van der Waals surface area contributed by atoms with Crippen LogP contribution in [-0.2, 0) is 4.74 Å². The van der Waals surface area contributed by atoms with E-state index in [0.29, 0.717) is 6.10 Å². The maximum atomic E-state index is 5.70. The topological polar surface area (TPSA) is 24.5 Å². The molecule has 2 rings (SSSR count). The Morgan fingerprint density at radius 2 is 2.00 bits per heavy atom. The van der Waals surface area contributed by atoms with E-state index in [9.17, 15) is 0 Å². The summed E-state index contributed by atoms with van der Waals surface area (Å²) < 4.78 is 5.70. The largest absolute Gasteiger partial charge is 0.376 e. The lowest BCUT2D eigenvalue weighted by Gasteiger charge is -2.32. The van der Waals surface area contributed by atoms with E-state index in [2.05, 4.69) is 17.1 Å². The van der Waals surface area contributed by atoms with Gasteiger partial charge in [0.25, 0.3) is 0 Å². The van der Waals surface area contributed by atoms with E-state index in [1.165, 1.54) is 51.6 Å². The third kappa shape index (κ3) is 5.68. The van der Waals surface area contributed by atoms with Crippen molar-refractivity contribution in [3.05, 3.63) is 0 Å². The molecule has 0 aromatic carbocycles. The summed E-state index contributed by atoms with van der Waals surface area (Å²) in [6.07, 6.45) is 9.97. The molecule has 1 atom stereocenters. The second-order valence-corrected chi connectivity index (χ2v) is 5.84. The van der Waals surface area contributed by atoms with Crippen molar-refractivity contribution in [2.45, 2.75) is 64.0 Å². The predicted octanol–water partition coefficient (Wildman–Crippen LogP) is 2.41. The van der Waals surface area contributed by atoms with Gasteiger partial charge in [-0.25, -0.2) is 0 Å². The van der Waals surface area contributed by atoms with Crippen molar-refractivity contribution < 1.29 is 4.74 Å². The van der Waals surface area contributed by atoms with Crippen LogP contribution in [0.3, 0.4) is 0 Å². The fourth-order valence-corrected chi connectivity index (χ4v) is 2.64. The Hall–Kier alpha value is -0.120.